The Morgan fingerprint density at radius 1 is 1.38 bits per heavy atom. The van der Waals surface area contributed by atoms with E-state index in [0.717, 1.165) is 30.0 Å². The first kappa shape index (κ1) is 18.4. The maximum atomic E-state index is 12.2. The van der Waals surface area contributed by atoms with Crippen molar-refractivity contribution in [3.8, 4) is 11.8 Å². The normalized spacial score (nSPS) is 27.0. The molecule has 0 saturated heterocycles. The van der Waals surface area contributed by atoms with E-state index in [2.05, 4.69) is 22.7 Å². The highest BCUT2D eigenvalue weighted by atomic mass is 16.1. The Balaban J connectivity index is 0.000000948. The van der Waals surface area contributed by atoms with Gasteiger partial charge < -0.3 is 0 Å². The zero-order chi connectivity index (χ0) is 19.1. The number of aromatic nitrogens is 4. The summed E-state index contributed by atoms with van der Waals surface area (Å²) >= 11 is 0. The smallest absolute Gasteiger partial charge is 0.150 e. The lowest BCUT2D eigenvalue weighted by Crippen LogP contribution is -2.45. The molecule has 2 aliphatic carbocycles. The van der Waals surface area contributed by atoms with Crippen molar-refractivity contribution in [2.75, 3.05) is 0 Å². The van der Waals surface area contributed by atoms with Crippen LogP contribution in [0.5, 0.6) is 0 Å². The van der Waals surface area contributed by atoms with Gasteiger partial charge in [0.05, 0.1) is 23.6 Å². The second-order valence-electron chi connectivity index (χ2n) is 7.37. The summed E-state index contributed by atoms with van der Waals surface area (Å²) in [6.45, 7) is 8.20. The van der Waals surface area contributed by atoms with Crippen molar-refractivity contribution in [1.82, 2.24) is 19.3 Å². The maximum Gasteiger partial charge on any atom is 0.150 e. The molecule has 2 aliphatic rings. The largest absolute Gasteiger partial charge is 0.298 e. The molecule has 0 aromatic carbocycles. The highest BCUT2D eigenvalue weighted by Crippen LogP contribution is 2.50. The molecule has 1 fully saturated rings. The average molecular weight is 353 g/mol. The fraction of sp³-hybridized carbons (Fsp3) is 0.600. The fourth-order valence-corrected chi connectivity index (χ4v) is 4.59. The Labute approximate surface area is 154 Å². The van der Waals surface area contributed by atoms with Crippen LogP contribution in [0.4, 0.5) is 0 Å². The molecule has 1 saturated carbocycles. The first-order valence-corrected chi connectivity index (χ1v) is 9.44. The lowest BCUT2D eigenvalue weighted by Gasteiger charge is -2.45. The van der Waals surface area contributed by atoms with Crippen LogP contribution in [0, 0.1) is 30.1 Å². The molecule has 2 aromatic heterocycles. The number of nitrogens with zero attached hydrogens (tertiary/aromatic N) is 5. The molecule has 2 aromatic rings. The molecular weight excluding hydrogens is 326 g/mol. The Kier molecular flexibility index (Phi) is 4.74. The van der Waals surface area contributed by atoms with Crippen LogP contribution >= 0.6 is 0 Å². The first-order chi connectivity index (χ1) is 12.4. The quantitative estimate of drug-likeness (QED) is 0.788. The predicted octanol–water partition coefficient (Wildman–Crippen LogP) is 3.26. The fourth-order valence-electron chi connectivity index (χ4n) is 4.59. The SMILES string of the molecule is CC.Cc1nc2c(n1-c1cnn(C)c1)CCC1CC(=O)C(C#N)CC21C. The van der Waals surface area contributed by atoms with Crippen molar-refractivity contribution < 1.29 is 4.79 Å². The monoisotopic (exact) mass is 353 g/mol. The Hall–Kier alpha value is -2.42. The summed E-state index contributed by atoms with van der Waals surface area (Å²) in [6, 6.07) is 2.20. The van der Waals surface area contributed by atoms with E-state index in [1.807, 2.05) is 40.2 Å². The van der Waals surface area contributed by atoms with Gasteiger partial charge in [0.25, 0.3) is 0 Å². The van der Waals surface area contributed by atoms with E-state index in [4.69, 9.17) is 4.98 Å². The van der Waals surface area contributed by atoms with Crippen LogP contribution in [0.25, 0.3) is 5.69 Å². The molecule has 138 valence electrons. The van der Waals surface area contributed by atoms with Crippen molar-refractivity contribution in [1.29, 1.82) is 5.26 Å². The van der Waals surface area contributed by atoms with E-state index in [1.54, 1.807) is 4.68 Å². The lowest BCUT2D eigenvalue weighted by atomic mass is 9.58. The third kappa shape index (κ3) is 2.66. The summed E-state index contributed by atoms with van der Waals surface area (Å²) in [5.74, 6) is 0.840. The van der Waals surface area contributed by atoms with Crippen LogP contribution < -0.4 is 0 Å². The number of fused-ring (bicyclic) bond motifs is 3. The van der Waals surface area contributed by atoms with Gasteiger partial charge in [-0.15, -0.1) is 0 Å². The predicted molar refractivity (Wildman–Crippen MR) is 98.9 cm³/mol. The van der Waals surface area contributed by atoms with Crippen molar-refractivity contribution in [3.63, 3.8) is 0 Å². The Morgan fingerprint density at radius 2 is 2.12 bits per heavy atom. The molecular formula is C20H27N5O. The number of carbonyl (C=O) groups is 1. The number of hydrogen-bond acceptors (Lipinski definition) is 4. The first-order valence-electron chi connectivity index (χ1n) is 9.44. The van der Waals surface area contributed by atoms with Gasteiger partial charge in [-0.1, -0.05) is 20.8 Å². The summed E-state index contributed by atoms with van der Waals surface area (Å²) in [5.41, 5.74) is 3.12. The van der Waals surface area contributed by atoms with Crippen molar-refractivity contribution in [2.45, 2.75) is 58.8 Å². The van der Waals surface area contributed by atoms with Gasteiger partial charge in [0, 0.05) is 30.8 Å². The minimum Gasteiger partial charge on any atom is -0.298 e. The molecule has 0 aliphatic heterocycles. The van der Waals surface area contributed by atoms with Crippen LogP contribution in [-0.2, 0) is 23.7 Å². The zero-order valence-electron chi connectivity index (χ0n) is 16.3. The molecule has 6 nitrogen and oxygen atoms in total. The van der Waals surface area contributed by atoms with Gasteiger partial charge in [-0.2, -0.15) is 10.4 Å². The summed E-state index contributed by atoms with van der Waals surface area (Å²) in [6.07, 6.45) is 6.82. The summed E-state index contributed by atoms with van der Waals surface area (Å²) in [7, 11) is 1.91. The molecule has 6 heteroatoms. The molecule has 2 heterocycles. The van der Waals surface area contributed by atoms with E-state index >= 15 is 0 Å². The Morgan fingerprint density at radius 3 is 2.73 bits per heavy atom. The molecule has 0 spiro atoms. The van der Waals surface area contributed by atoms with Crippen molar-refractivity contribution in [3.05, 3.63) is 29.6 Å². The molecule has 0 amide bonds. The maximum absolute atomic E-state index is 12.2. The third-order valence-corrected chi connectivity index (χ3v) is 5.88. The summed E-state index contributed by atoms with van der Waals surface area (Å²) < 4.78 is 3.97. The van der Waals surface area contributed by atoms with Crippen LogP contribution in [0.1, 0.15) is 57.2 Å². The lowest BCUT2D eigenvalue weighted by molar-refractivity contribution is -0.126. The van der Waals surface area contributed by atoms with Crippen LogP contribution in [-0.4, -0.2) is 25.1 Å². The summed E-state index contributed by atoms with van der Waals surface area (Å²) in [4.78, 5) is 17.1. The number of carbonyl (C=O) groups excluding carboxylic acids is 1. The van der Waals surface area contributed by atoms with E-state index in [1.165, 1.54) is 5.69 Å². The van der Waals surface area contributed by atoms with E-state index < -0.39 is 5.92 Å². The number of nitriles is 1. The summed E-state index contributed by atoms with van der Waals surface area (Å²) in [5, 5.41) is 13.6. The number of Topliss-reactive ketones (excluding diaryl/α,β-unsaturated/α-hetero) is 1. The number of hydrogen-bond donors (Lipinski definition) is 0. The minimum absolute atomic E-state index is 0.104. The molecule has 26 heavy (non-hydrogen) atoms. The van der Waals surface area contributed by atoms with Gasteiger partial charge in [-0.25, -0.2) is 4.98 Å². The number of aryl methyl sites for hydroxylation is 2. The topological polar surface area (TPSA) is 76.5 Å². The van der Waals surface area contributed by atoms with Gasteiger partial charge in [0.1, 0.15) is 17.5 Å². The van der Waals surface area contributed by atoms with Crippen molar-refractivity contribution in [2.24, 2.45) is 18.9 Å². The number of rotatable bonds is 1. The standard InChI is InChI=1S/C18H21N5O.C2H6/c1-11-21-17-15(23(11)14-9-20-22(3)10-14)5-4-13-6-16(24)12(8-19)7-18(13,17)2;1-2/h9-10,12-13H,4-7H2,1-3H3;1-2H3. The van der Waals surface area contributed by atoms with Crippen LogP contribution in [0.3, 0.4) is 0 Å². The van der Waals surface area contributed by atoms with Crippen molar-refractivity contribution >= 4 is 5.78 Å². The van der Waals surface area contributed by atoms with Gasteiger partial charge in [0.15, 0.2) is 0 Å². The van der Waals surface area contributed by atoms with E-state index in [-0.39, 0.29) is 11.2 Å². The number of imidazole rings is 1. The van der Waals surface area contributed by atoms with Crippen LogP contribution in [0.15, 0.2) is 12.4 Å². The van der Waals surface area contributed by atoms with Gasteiger partial charge >= 0.3 is 0 Å². The van der Waals surface area contributed by atoms with Gasteiger partial charge in [-0.3, -0.25) is 14.0 Å². The Bertz CT molecular complexity index is 871. The second-order valence-corrected chi connectivity index (χ2v) is 7.37. The van der Waals surface area contributed by atoms with E-state index in [0.29, 0.717) is 18.8 Å². The average Bonchev–Trinajstić information content (AvgIpc) is 3.20. The highest BCUT2D eigenvalue weighted by molar-refractivity contribution is 5.85. The molecule has 0 bridgehead atoms. The van der Waals surface area contributed by atoms with E-state index in [9.17, 15) is 10.1 Å². The molecule has 3 atom stereocenters. The van der Waals surface area contributed by atoms with Crippen LogP contribution in [0.2, 0.25) is 0 Å². The molecule has 0 radical (unpaired) electrons. The molecule has 0 N–H and O–H groups in total. The molecule has 4 rings (SSSR count). The number of ketones is 1. The highest BCUT2D eigenvalue weighted by Gasteiger charge is 2.50. The van der Waals surface area contributed by atoms with Gasteiger partial charge in [-0.05, 0) is 32.1 Å². The van der Waals surface area contributed by atoms with Gasteiger partial charge in [0.2, 0.25) is 0 Å². The zero-order valence-corrected chi connectivity index (χ0v) is 16.3. The minimum atomic E-state index is -0.499. The third-order valence-electron chi connectivity index (χ3n) is 5.88. The second kappa shape index (κ2) is 6.71. The molecule has 3 unspecified atom stereocenters.